The Kier molecular flexibility index (Phi) is 9.52. The van der Waals surface area contributed by atoms with Crippen LogP contribution in [0.15, 0.2) is 18.2 Å². The van der Waals surface area contributed by atoms with Crippen LogP contribution < -0.4 is 0 Å². The van der Waals surface area contributed by atoms with Gasteiger partial charge in [-0.2, -0.15) is 0 Å². The summed E-state index contributed by atoms with van der Waals surface area (Å²) in [4.78, 5) is 9.61. The monoisotopic (exact) mass is 213 g/mol. The second-order valence-corrected chi connectivity index (χ2v) is 2.25. The SMILES string of the molecule is CC.CC.Cc1ccc(O)c([N+](=O)[O-])c1. The van der Waals surface area contributed by atoms with Gasteiger partial charge < -0.3 is 5.11 Å². The third-order valence-electron chi connectivity index (χ3n) is 1.33. The highest BCUT2D eigenvalue weighted by Gasteiger charge is 2.11. The summed E-state index contributed by atoms with van der Waals surface area (Å²) in [6.07, 6.45) is 0. The summed E-state index contributed by atoms with van der Waals surface area (Å²) in [5, 5.41) is 19.2. The van der Waals surface area contributed by atoms with Crippen LogP contribution in [0.3, 0.4) is 0 Å². The second kappa shape index (κ2) is 8.99. The van der Waals surface area contributed by atoms with E-state index >= 15 is 0 Å². The molecule has 0 saturated carbocycles. The Morgan fingerprint density at radius 1 is 1.20 bits per heavy atom. The van der Waals surface area contributed by atoms with Crippen LogP contribution in [0.1, 0.15) is 33.3 Å². The molecule has 0 aliphatic rings. The number of rotatable bonds is 1. The van der Waals surface area contributed by atoms with Gasteiger partial charge in [-0.1, -0.05) is 33.8 Å². The Balaban J connectivity index is 0. The first-order valence-electron chi connectivity index (χ1n) is 5.05. The van der Waals surface area contributed by atoms with E-state index < -0.39 is 4.92 Å². The molecule has 0 heterocycles. The molecular weight excluding hydrogens is 194 g/mol. The number of nitro benzene ring substituents is 1. The van der Waals surface area contributed by atoms with E-state index in [0.29, 0.717) is 0 Å². The van der Waals surface area contributed by atoms with Crippen LogP contribution in [0.25, 0.3) is 0 Å². The molecule has 0 saturated heterocycles. The fourth-order valence-electron chi connectivity index (χ4n) is 0.780. The van der Waals surface area contributed by atoms with Gasteiger partial charge in [0.2, 0.25) is 0 Å². The van der Waals surface area contributed by atoms with Crippen LogP contribution in [0.4, 0.5) is 5.69 Å². The van der Waals surface area contributed by atoms with E-state index in [2.05, 4.69) is 0 Å². The van der Waals surface area contributed by atoms with Crippen molar-refractivity contribution >= 4 is 5.69 Å². The summed E-state index contributed by atoms with van der Waals surface area (Å²) in [5.74, 6) is -0.291. The maximum absolute atomic E-state index is 10.2. The molecule has 1 aromatic carbocycles. The van der Waals surface area contributed by atoms with Gasteiger partial charge in [-0.15, -0.1) is 0 Å². The number of nitrogens with zero attached hydrogens (tertiary/aromatic N) is 1. The van der Waals surface area contributed by atoms with Gasteiger partial charge in [0.05, 0.1) is 4.92 Å². The minimum absolute atomic E-state index is 0.245. The number of aromatic hydroxyl groups is 1. The molecule has 1 N–H and O–H groups in total. The maximum atomic E-state index is 10.2. The molecule has 0 aliphatic carbocycles. The zero-order valence-electron chi connectivity index (χ0n) is 9.94. The highest BCUT2D eigenvalue weighted by molar-refractivity contribution is 5.47. The lowest BCUT2D eigenvalue weighted by Gasteiger charge is -1.95. The minimum atomic E-state index is -0.609. The predicted octanol–water partition coefficient (Wildman–Crippen LogP) is 3.66. The molecule has 0 bridgehead atoms. The van der Waals surface area contributed by atoms with Gasteiger partial charge >= 0.3 is 5.69 Å². The lowest BCUT2D eigenvalue weighted by molar-refractivity contribution is -0.385. The zero-order valence-corrected chi connectivity index (χ0v) is 9.94. The van der Waals surface area contributed by atoms with Crippen LogP contribution in [0.2, 0.25) is 0 Å². The molecule has 4 heteroatoms. The van der Waals surface area contributed by atoms with Crippen molar-refractivity contribution in [3.8, 4) is 5.75 Å². The molecule has 0 amide bonds. The largest absolute Gasteiger partial charge is 0.502 e. The Bertz CT molecular complexity index is 298. The molecule has 1 rings (SSSR count). The van der Waals surface area contributed by atoms with E-state index in [-0.39, 0.29) is 11.4 Å². The molecule has 1 aromatic rings. The van der Waals surface area contributed by atoms with E-state index in [9.17, 15) is 10.1 Å². The van der Waals surface area contributed by atoms with Gasteiger partial charge in [-0.3, -0.25) is 10.1 Å². The summed E-state index contributed by atoms with van der Waals surface area (Å²) < 4.78 is 0. The molecule has 0 atom stereocenters. The van der Waals surface area contributed by atoms with E-state index in [1.807, 2.05) is 27.7 Å². The number of phenols is 1. The lowest BCUT2D eigenvalue weighted by Crippen LogP contribution is -1.88. The van der Waals surface area contributed by atoms with Crippen LogP contribution in [-0.4, -0.2) is 10.0 Å². The molecular formula is C11H19NO3. The molecule has 0 radical (unpaired) electrons. The van der Waals surface area contributed by atoms with E-state index in [4.69, 9.17) is 5.11 Å². The summed E-state index contributed by atoms with van der Waals surface area (Å²) in [6.45, 7) is 9.73. The molecule has 0 unspecified atom stereocenters. The van der Waals surface area contributed by atoms with Gasteiger partial charge in [0.25, 0.3) is 0 Å². The van der Waals surface area contributed by atoms with Crippen molar-refractivity contribution in [2.24, 2.45) is 0 Å². The summed E-state index contributed by atoms with van der Waals surface area (Å²) in [7, 11) is 0. The first-order valence-corrected chi connectivity index (χ1v) is 5.05. The highest BCUT2D eigenvalue weighted by Crippen LogP contribution is 2.25. The van der Waals surface area contributed by atoms with Crippen molar-refractivity contribution in [1.29, 1.82) is 0 Å². The maximum Gasteiger partial charge on any atom is 0.310 e. The van der Waals surface area contributed by atoms with Crippen molar-refractivity contribution in [2.75, 3.05) is 0 Å². The van der Waals surface area contributed by atoms with E-state index in [1.165, 1.54) is 12.1 Å². The van der Waals surface area contributed by atoms with Gasteiger partial charge in [-0.05, 0) is 18.6 Å². The van der Waals surface area contributed by atoms with Crippen LogP contribution >= 0.6 is 0 Å². The fraction of sp³-hybridized carbons (Fsp3) is 0.455. The summed E-state index contributed by atoms with van der Waals surface area (Å²) in [5.41, 5.74) is 0.513. The smallest absolute Gasteiger partial charge is 0.310 e. The molecule has 0 aromatic heterocycles. The molecule has 86 valence electrons. The summed E-state index contributed by atoms with van der Waals surface area (Å²) in [6, 6.07) is 4.26. The summed E-state index contributed by atoms with van der Waals surface area (Å²) >= 11 is 0. The van der Waals surface area contributed by atoms with Crippen molar-refractivity contribution in [1.82, 2.24) is 0 Å². The number of hydrogen-bond donors (Lipinski definition) is 1. The number of aryl methyl sites for hydroxylation is 1. The molecule has 15 heavy (non-hydrogen) atoms. The molecule has 0 spiro atoms. The van der Waals surface area contributed by atoms with E-state index in [0.717, 1.165) is 5.56 Å². The first kappa shape index (κ1) is 15.9. The Hall–Kier alpha value is -1.58. The fourth-order valence-corrected chi connectivity index (χ4v) is 0.780. The van der Waals surface area contributed by atoms with Crippen LogP contribution in [-0.2, 0) is 0 Å². The number of hydrogen-bond acceptors (Lipinski definition) is 3. The Labute approximate surface area is 90.7 Å². The van der Waals surface area contributed by atoms with Gasteiger partial charge in [0.15, 0.2) is 5.75 Å². The van der Waals surface area contributed by atoms with Crippen molar-refractivity contribution in [3.05, 3.63) is 33.9 Å². The minimum Gasteiger partial charge on any atom is -0.502 e. The predicted molar refractivity (Wildman–Crippen MR) is 62.2 cm³/mol. The molecule has 4 nitrogen and oxygen atoms in total. The van der Waals surface area contributed by atoms with Gasteiger partial charge in [0, 0.05) is 6.07 Å². The zero-order chi connectivity index (χ0) is 12.4. The lowest BCUT2D eigenvalue weighted by atomic mass is 10.2. The van der Waals surface area contributed by atoms with Gasteiger partial charge in [-0.25, -0.2) is 0 Å². The number of phenolic OH excluding ortho intramolecular Hbond substituents is 1. The average Bonchev–Trinajstić information content (AvgIpc) is 2.27. The third kappa shape index (κ3) is 5.67. The van der Waals surface area contributed by atoms with Crippen LogP contribution in [0, 0.1) is 17.0 Å². The third-order valence-corrected chi connectivity index (χ3v) is 1.33. The normalized spacial score (nSPS) is 7.80. The topological polar surface area (TPSA) is 63.4 Å². The van der Waals surface area contributed by atoms with Crippen LogP contribution in [0.5, 0.6) is 5.75 Å². The standard InChI is InChI=1S/C7H7NO3.2C2H6/c1-5-2-3-7(9)6(4-5)8(10)11;2*1-2/h2-4,9H,1H3;2*1-2H3. The average molecular weight is 213 g/mol. The Morgan fingerprint density at radius 2 is 1.67 bits per heavy atom. The van der Waals surface area contributed by atoms with Crippen molar-refractivity contribution in [2.45, 2.75) is 34.6 Å². The van der Waals surface area contributed by atoms with Crippen molar-refractivity contribution in [3.63, 3.8) is 0 Å². The quantitative estimate of drug-likeness (QED) is 0.572. The van der Waals surface area contributed by atoms with Gasteiger partial charge in [0.1, 0.15) is 0 Å². The van der Waals surface area contributed by atoms with Crippen molar-refractivity contribution < 1.29 is 10.0 Å². The number of benzene rings is 1. The molecule has 0 fully saturated rings. The molecule has 0 aliphatic heterocycles. The second-order valence-electron chi connectivity index (χ2n) is 2.25. The first-order chi connectivity index (χ1) is 7.11. The number of nitro groups is 1. The Morgan fingerprint density at radius 3 is 2.00 bits per heavy atom. The van der Waals surface area contributed by atoms with E-state index in [1.54, 1.807) is 13.0 Å². The highest BCUT2D eigenvalue weighted by atomic mass is 16.6.